The van der Waals surface area contributed by atoms with Gasteiger partial charge in [-0.2, -0.15) is 0 Å². The van der Waals surface area contributed by atoms with Crippen molar-refractivity contribution >= 4 is 40.1 Å². The number of non-ortho nitro benzene ring substituents is 1. The highest BCUT2D eigenvalue weighted by atomic mass is 32.2. The van der Waals surface area contributed by atoms with E-state index in [1.54, 1.807) is 31.4 Å². The van der Waals surface area contributed by atoms with Crippen LogP contribution >= 0.6 is 11.8 Å². The molecule has 0 saturated heterocycles. The smallest absolute Gasteiger partial charge is 0.332 e. The number of benzene rings is 2. The van der Waals surface area contributed by atoms with Crippen molar-refractivity contribution in [2.75, 3.05) is 18.2 Å². The third-order valence-electron chi connectivity index (χ3n) is 5.32. The van der Waals surface area contributed by atoms with E-state index < -0.39 is 16.2 Å². The molecule has 0 aliphatic rings. The zero-order chi connectivity index (χ0) is 26.0. The zero-order valence-corrected chi connectivity index (χ0v) is 20.2. The van der Waals surface area contributed by atoms with Gasteiger partial charge in [-0.05, 0) is 36.4 Å². The van der Waals surface area contributed by atoms with Crippen molar-refractivity contribution in [3.05, 3.63) is 79.5 Å². The van der Waals surface area contributed by atoms with Gasteiger partial charge in [-0.1, -0.05) is 11.8 Å². The molecule has 0 bridgehead atoms. The van der Waals surface area contributed by atoms with Gasteiger partial charge in [-0.3, -0.25) is 28.8 Å². The molecule has 0 saturated carbocycles. The number of aromatic nitrogens is 4. The molecule has 2 aromatic carbocycles. The number of thioether (sulfide) groups is 1. The summed E-state index contributed by atoms with van der Waals surface area (Å²) in [7, 11) is 4.36. The molecule has 12 nitrogen and oxygen atoms in total. The van der Waals surface area contributed by atoms with Crippen LogP contribution in [0.4, 0.5) is 11.4 Å². The van der Waals surface area contributed by atoms with Gasteiger partial charge in [0, 0.05) is 37.5 Å². The minimum Gasteiger partial charge on any atom is -0.497 e. The molecule has 0 fully saturated rings. The Balaban J connectivity index is 1.72. The third kappa shape index (κ3) is 4.81. The number of rotatable bonds is 7. The molecule has 0 atom stereocenters. The van der Waals surface area contributed by atoms with Gasteiger partial charge in [0.2, 0.25) is 5.91 Å². The highest BCUT2D eigenvalue weighted by molar-refractivity contribution is 8.00. The molecule has 0 unspecified atom stereocenters. The molecule has 2 aromatic heterocycles. The Hall–Kier alpha value is -4.52. The van der Waals surface area contributed by atoms with Crippen LogP contribution in [0.25, 0.3) is 22.4 Å². The Morgan fingerprint density at radius 1 is 1.06 bits per heavy atom. The van der Waals surface area contributed by atoms with Gasteiger partial charge in [-0.25, -0.2) is 14.8 Å². The second-order valence-electron chi connectivity index (χ2n) is 7.63. The summed E-state index contributed by atoms with van der Waals surface area (Å²) in [5.74, 6) is 0.383. The summed E-state index contributed by atoms with van der Waals surface area (Å²) < 4.78 is 7.27. The first-order chi connectivity index (χ1) is 17.2. The molecule has 4 aromatic rings. The Labute approximate surface area is 207 Å². The quantitative estimate of drug-likeness (QED) is 0.172. The van der Waals surface area contributed by atoms with Crippen LogP contribution in [0.5, 0.6) is 5.75 Å². The van der Waals surface area contributed by atoms with Gasteiger partial charge in [0.15, 0.2) is 11.5 Å². The highest BCUT2D eigenvalue weighted by Gasteiger charge is 2.19. The number of hydrogen-bond acceptors (Lipinski definition) is 9. The maximum absolute atomic E-state index is 13.0. The SMILES string of the molecule is COc1ccc(NC(=O)CSc2nc(-c3ccc([N+](=O)[O-])cc3)nc3c2c(=O)n(C)c(=O)n3C)cc1. The first-order valence-corrected chi connectivity index (χ1v) is 11.5. The van der Waals surface area contributed by atoms with E-state index in [0.29, 0.717) is 17.0 Å². The van der Waals surface area contributed by atoms with Gasteiger partial charge < -0.3 is 10.1 Å². The molecule has 184 valence electrons. The predicted octanol–water partition coefficient (Wildman–Crippen LogP) is 2.34. The number of nitro groups is 1. The summed E-state index contributed by atoms with van der Waals surface area (Å²) in [6.45, 7) is 0. The lowest BCUT2D eigenvalue weighted by molar-refractivity contribution is -0.384. The Bertz CT molecular complexity index is 1600. The van der Waals surface area contributed by atoms with E-state index in [2.05, 4.69) is 15.3 Å². The molecule has 1 N–H and O–H groups in total. The third-order valence-corrected chi connectivity index (χ3v) is 6.29. The first-order valence-electron chi connectivity index (χ1n) is 10.5. The Kier molecular flexibility index (Phi) is 6.83. The summed E-state index contributed by atoms with van der Waals surface area (Å²) in [5, 5.41) is 14.0. The second-order valence-corrected chi connectivity index (χ2v) is 8.59. The standard InChI is InChI=1S/C23H20N6O6S/c1-27-20-18(22(31)28(2)23(27)32)21(26-19(25-20)13-4-8-15(9-5-13)29(33)34)36-12-17(30)24-14-6-10-16(35-3)11-7-14/h4-11H,12H2,1-3H3,(H,24,30). The molecule has 13 heteroatoms. The number of fused-ring (bicyclic) bond motifs is 1. The number of anilines is 1. The number of methoxy groups -OCH3 is 1. The number of carbonyl (C=O) groups excluding carboxylic acids is 1. The fraction of sp³-hybridized carbons (Fsp3) is 0.174. The molecule has 0 aliphatic carbocycles. The first kappa shape index (κ1) is 24.6. The van der Waals surface area contributed by atoms with Crippen LogP contribution < -0.4 is 21.3 Å². The lowest BCUT2D eigenvalue weighted by atomic mass is 10.2. The van der Waals surface area contributed by atoms with Crippen LogP contribution in [0.2, 0.25) is 0 Å². The number of nitrogens with zero attached hydrogens (tertiary/aromatic N) is 5. The zero-order valence-electron chi connectivity index (χ0n) is 19.4. The largest absolute Gasteiger partial charge is 0.497 e. The Morgan fingerprint density at radius 3 is 2.33 bits per heavy atom. The van der Waals surface area contributed by atoms with Crippen LogP contribution in [-0.2, 0) is 18.9 Å². The van der Waals surface area contributed by atoms with Crippen LogP contribution in [0.15, 0.2) is 63.1 Å². The average Bonchev–Trinajstić information content (AvgIpc) is 2.89. The van der Waals surface area contributed by atoms with E-state index in [1.807, 2.05) is 0 Å². The molecule has 1 amide bonds. The monoisotopic (exact) mass is 508 g/mol. The van der Waals surface area contributed by atoms with Gasteiger partial charge in [0.05, 0.1) is 17.8 Å². The number of amides is 1. The van der Waals surface area contributed by atoms with Crippen molar-refractivity contribution in [2.24, 2.45) is 14.1 Å². The van der Waals surface area contributed by atoms with E-state index in [1.165, 1.54) is 42.9 Å². The van der Waals surface area contributed by atoms with Gasteiger partial charge >= 0.3 is 5.69 Å². The number of nitrogens with one attached hydrogen (secondary N) is 1. The molecular formula is C23H20N6O6S. The van der Waals surface area contributed by atoms with E-state index >= 15 is 0 Å². The fourth-order valence-electron chi connectivity index (χ4n) is 3.40. The summed E-state index contributed by atoms with van der Waals surface area (Å²) in [6.07, 6.45) is 0. The lowest BCUT2D eigenvalue weighted by Crippen LogP contribution is -2.37. The molecular weight excluding hydrogens is 488 g/mol. The number of aryl methyl sites for hydroxylation is 1. The highest BCUT2D eigenvalue weighted by Crippen LogP contribution is 2.27. The summed E-state index contributed by atoms with van der Waals surface area (Å²) in [4.78, 5) is 57.4. The minimum absolute atomic E-state index is 0.0795. The summed E-state index contributed by atoms with van der Waals surface area (Å²) in [6, 6.07) is 12.4. The number of ether oxygens (including phenoxy) is 1. The maximum atomic E-state index is 13.0. The fourth-order valence-corrected chi connectivity index (χ4v) is 4.21. The van der Waals surface area contributed by atoms with E-state index in [0.717, 1.165) is 16.3 Å². The van der Waals surface area contributed by atoms with Crippen LogP contribution in [0, 0.1) is 10.1 Å². The van der Waals surface area contributed by atoms with E-state index in [4.69, 9.17) is 4.74 Å². The molecule has 0 radical (unpaired) electrons. The van der Waals surface area contributed by atoms with Crippen molar-refractivity contribution in [1.82, 2.24) is 19.1 Å². The van der Waals surface area contributed by atoms with E-state index in [-0.39, 0.29) is 39.2 Å². The van der Waals surface area contributed by atoms with Crippen LogP contribution in [-0.4, -0.2) is 42.8 Å². The summed E-state index contributed by atoms with van der Waals surface area (Å²) >= 11 is 1.01. The van der Waals surface area contributed by atoms with Gasteiger partial charge in [0.25, 0.3) is 11.2 Å². The number of hydrogen-bond donors (Lipinski definition) is 1. The molecule has 36 heavy (non-hydrogen) atoms. The Morgan fingerprint density at radius 2 is 1.72 bits per heavy atom. The molecule has 0 spiro atoms. The van der Waals surface area contributed by atoms with Crippen LogP contribution in [0.1, 0.15) is 0 Å². The molecule has 4 rings (SSSR count). The topological polar surface area (TPSA) is 151 Å². The van der Waals surface area contributed by atoms with Crippen molar-refractivity contribution in [2.45, 2.75) is 5.03 Å². The van der Waals surface area contributed by atoms with Gasteiger partial charge in [-0.15, -0.1) is 0 Å². The minimum atomic E-state index is -0.596. The summed E-state index contributed by atoms with van der Waals surface area (Å²) in [5.41, 5.74) is -0.176. The lowest BCUT2D eigenvalue weighted by Gasteiger charge is -2.12. The van der Waals surface area contributed by atoms with Crippen molar-refractivity contribution < 1.29 is 14.5 Å². The predicted molar refractivity (Wildman–Crippen MR) is 134 cm³/mol. The van der Waals surface area contributed by atoms with E-state index in [9.17, 15) is 24.5 Å². The van der Waals surface area contributed by atoms with Crippen molar-refractivity contribution in [3.63, 3.8) is 0 Å². The normalized spacial score (nSPS) is 10.9. The van der Waals surface area contributed by atoms with Gasteiger partial charge in [0.1, 0.15) is 16.2 Å². The number of nitro benzene ring substituents is 1. The second kappa shape index (κ2) is 10.00. The number of carbonyl (C=O) groups is 1. The molecule has 2 heterocycles. The maximum Gasteiger partial charge on any atom is 0.332 e. The van der Waals surface area contributed by atoms with Crippen LogP contribution in [0.3, 0.4) is 0 Å². The van der Waals surface area contributed by atoms with Crippen molar-refractivity contribution in [1.29, 1.82) is 0 Å². The van der Waals surface area contributed by atoms with Crippen molar-refractivity contribution in [3.8, 4) is 17.1 Å². The average molecular weight is 509 g/mol. The molecule has 0 aliphatic heterocycles.